The molecule has 0 saturated carbocycles. The van der Waals surface area contributed by atoms with Crippen LogP contribution in [0.3, 0.4) is 0 Å². The molecule has 0 radical (unpaired) electrons. The Kier molecular flexibility index (Phi) is 11.2. The Morgan fingerprint density at radius 2 is 1.16 bits per heavy atom. The van der Waals surface area contributed by atoms with E-state index in [9.17, 15) is 24.3 Å². The van der Waals surface area contributed by atoms with Gasteiger partial charge in [0.05, 0.1) is 5.41 Å². The molecule has 0 aliphatic rings. The largest absolute Gasteiger partial charge is 0.478 e. The van der Waals surface area contributed by atoms with Crippen molar-refractivity contribution in [3.8, 4) is 0 Å². The van der Waals surface area contributed by atoms with Crippen molar-refractivity contribution in [3.63, 3.8) is 0 Å². The molecule has 0 aromatic rings. The van der Waals surface area contributed by atoms with Crippen LogP contribution in [0.2, 0.25) is 0 Å². The molecule has 31 heavy (non-hydrogen) atoms. The van der Waals surface area contributed by atoms with Gasteiger partial charge in [0.25, 0.3) is 0 Å². The van der Waals surface area contributed by atoms with Crippen LogP contribution in [0.25, 0.3) is 0 Å². The summed E-state index contributed by atoms with van der Waals surface area (Å²) >= 11 is 0. The monoisotopic (exact) mass is 436 g/mol. The highest BCUT2D eigenvalue weighted by Crippen LogP contribution is 2.33. The molecule has 0 aliphatic heterocycles. The van der Waals surface area contributed by atoms with Gasteiger partial charge in [-0.3, -0.25) is 0 Å². The number of aliphatic carboxylic acids is 1. The molecular formula is C23H32O8. The van der Waals surface area contributed by atoms with E-state index in [4.69, 9.17) is 14.2 Å². The molecule has 0 heterocycles. The molecule has 1 unspecified atom stereocenters. The molecule has 1 atom stereocenters. The van der Waals surface area contributed by atoms with Crippen LogP contribution in [-0.4, -0.2) is 48.8 Å². The zero-order chi connectivity index (χ0) is 24.4. The Hall–Kier alpha value is -3.16. The second-order valence-electron chi connectivity index (χ2n) is 7.57. The fraction of sp³-hybridized carbons (Fsp3) is 0.478. The minimum Gasteiger partial charge on any atom is -0.478 e. The molecule has 1 N–H and O–H groups in total. The van der Waals surface area contributed by atoms with Crippen LogP contribution in [-0.2, 0) is 33.4 Å². The standard InChI is InChI=1S/C23H32O8/c1-9-18(19(24)25)10-17(8)23(11-29-20(26)14(2)3,12-30-21(27)15(4)5)13-31-22(28)16(6)7/h10,17H,2,4,6,9,11-13H2,1,3,5,7-8H3,(H,24,25). The zero-order valence-electron chi connectivity index (χ0n) is 18.9. The number of carbonyl (C=O) groups is 4. The van der Waals surface area contributed by atoms with Gasteiger partial charge in [0.2, 0.25) is 0 Å². The first-order chi connectivity index (χ1) is 14.3. The molecule has 8 heteroatoms. The lowest BCUT2D eigenvalue weighted by atomic mass is 9.77. The molecule has 0 saturated heterocycles. The average Bonchev–Trinajstić information content (AvgIpc) is 2.69. The van der Waals surface area contributed by atoms with Crippen molar-refractivity contribution in [2.24, 2.45) is 11.3 Å². The van der Waals surface area contributed by atoms with E-state index in [-0.39, 0.29) is 48.5 Å². The van der Waals surface area contributed by atoms with E-state index in [1.165, 1.54) is 26.8 Å². The number of carboxylic acid groups (broad SMARTS) is 1. The Labute approximate surface area is 183 Å². The van der Waals surface area contributed by atoms with Crippen molar-refractivity contribution in [1.29, 1.82) is 0 Å². The predicted molar refractivity (Wildman–Crippen MR) is 115 cm³/mol. The number of hydrogen-bond donors (Lipinski definition) is 1. The van der Waals surface area contributed by atoms with Gasteiger partial charge in [-0.1, -0.05) is 39.7 Å². The maximum Gasteiger partial charge on any atom is 0.333 e. The topological polar surface area (TPSA) is 116 Å². The smallest absolute Gasteiger partial charge is 0.333 e. The van der Waals surface area contributed by atoms with Crippen LogP contribution in [0.1, 0.15) is 41.0 Å². The molecule has 172 valence electrons. The fourth-order valence-electron chi connectivity index (χ4n) is 2.34. The van der Waals surface area contributed by atoms with E-state index in [1.807, 2.05) is 0 Å². The summed E-state index contributed by atoms with van der Waals surface area (Å²) in [7, 11) is 0. The molecule has 0 spiro atoms. The molecule has 0 fully saturated rings. The van der Waals surface area contributed by atoms with E-state index in [1.54, 1.807) is 13.8 Å². The second kappa shape index (κ2) is 12.5. The molecule has 0 rings (SSSR count). The first-order valence-electron chi connectivity index (χ1n) is 9.69. The lowest BCUT2D eigenvalue weighted by Crippen LogP contribution is -2.44. The summed E-state index contributed by atoms with van der Waals surface area (Å²) in [5, 5.41) is 9.40. The van der Waals surface area contributed by atoms with Gasteiger partial charge < -0.3 is 19.3 Å². The van der Waals surface area contributed by atoms with Crippen LogP contribution >= 0.6 is 0 Å². The minimum absolute atomic E-state index is 0.112. The number of rotatable bonds is 13. The lowest BCUT2D eigenvalue weighted by molar-refractivity contribution is -0.160. The third-order valence-electron chi connectivity index (χ3n) is 4.59. The molecule has 0 amide bonds. The quantitative estimate of drug-likeness (QED) is 0.265. The van der Waals surface area contributed by atoms with Crippen LogP contribution in [0.15, 0.2) is 48.1 Å². The third kappa shape index (κ3) is 9.02. The minimum atomic E-state index is -1.27. The normalized spacial score (nSPS) is 12.4. The molecular weight excluding hydrogens is 404 g/mol. The molecule has 0 bridgehead atoms. The SMILES string of the molecule is C=C(C)C(=O)OCC(COC(=O)C(=C)C)(COC(=O)C(=C)C)C(C)C=C(CC)C(=O)O. The first kappa shape index (κ1) is 27.8. The second-order valence-corrected chi connectivity index (χ2v) is 7.57. The van der Waals surface area contributed by atoms with E-state index in [0.717, 1.165) is 0 Å². The molecule has 8 nitrogen and oxygen atoms in total. The zero-order valence-corrected chi connectivity index (χ0v) is 18.9. The van der Waals surface area contributed by atoms with Crippen molar-refractivity contribution in [3.05, 3.63) is 48.1 Å². The number of carbonyl (C=O) groups excluding carboxylic acids is 3. The van der Waals surface area contributed by atoms with Crippen LogP contribution in [0.4, 0.5) is 0 Å². The molecule has 0 aliphatic carbocycles. The summed E-state index contributed by atoms with van der Waals surface area (Å²) in [6, 6.07) is 0. The number of allylic oxidation sites excluding steroid dienone is 1. The predicted octanol–water partition coefficient (Wildman–Crippen LogP) is 3.39. The number of ether oxygens (including phenoxy) is 3. The van der Waals surface area contributed by atoms with Crippen molar-refractivity contribution < 1.29 is 38.5 Å². The lowest BCUT2D eigenvalue weighted by Gasteiger charge is -2.36. The maximum atomic E-state index is 12.0. The Morgan fingerprint density at radius 1 is 0.839 bits per heavy atom. The Morgan fingerprint density at radius 3 is 1.39 bits per heavy atom. The highest BCUT2D eigenvalue weighted by atomic mass is 16.6. The van der Waals surface area contributed by atoms with Gasteiger partial charge in [-0.25, -0.2) is 19.2 Å². The van der Waals surface area contributed by atoms with Crippen molar-refractivity contribution in [2.45, 2.75) is 41.0 Å². The van der Waals surface area contributed by atoms with Crippen LogP contribution in [0, 0.1) is 11.3 Å². The van der Waals surface area contributed by atoms with Crippen LogP contribution < -0.4 is 0 Å². The Bertz CT molecular complexity index is 713. The molecule has 0 aromatic heterocycles. The maximum absolute atomic E-state index is 12.0. The van der Waals surface area contributed by atoms with Crippen molar-refractivity contribution in [1.82, 2.24) is 0 Å². The summed E-state index contributed by atoms with van der Waals surface area (Å²) in [5.74, 6) is -3.81. The van der Waals surface area contributed by atoms with Gasteiger partial charge in [-0.15, -0.1) is 0 Å². The van der Waals surface area contributed by atoms with Gasteiger partial charge in [-0.2, -0.15) is 0 Å². The molecule has 0 aromatic carbocycles. The average molecular weight is 437 g/mol. The van der Waals surface area contributed by atoms with E-state index < -0.39 is 35.2 Å². The Balaban J connectivity index is 6.22. The summed E-state index contributed by atoms with van der Waals surface area (Å²) in [6.45, 7) is 17.4. The van der Waals surface area contributed by atoms with Crippen LogP contribution in [0.5, 0.6) is 0 Å². The van der Waals surface area contributed by atoms with Crippen molar-refractivity contribution in [2.75, 3.05) is 19.8 Å². The van der Waals surface area contributed by atoms with Gasteiger partial charge in [0.15, 0.2) is 0 Å². The van der Waals surface area contributed by atoms with Gasteiger partial charge >= 0.3 is 23.9 Å². The summed E-state index contributed by atoms with van der Waals surface area (Å²) in [5.41, 5.74) is -0.711. The fourth-order valence-corrected chi connectivity index (χ4v) is 2.34. The summed E-state index contributed by atoms with van der Waals surface area (Å²) in [4.78, 5) is 47.5. The van der Waals surface area contributed by atoms with E-state index in [2.05, 4.69) is 19.7 Å². The van der Waals surface area contributed by atoms with E-state index in [0.29, 0.717) is 0 Å². The number of hydrogen-bond acceptors (Lipinski definition) is 7. The first-order valence-corrected chi connectivity index (χ1v) is 9.69. The summed E-state index contributed by atoms with van der Waals surface area (Å²) < 4.78 is 15.9. The van der Waals surface area contributed by atoms with Gasteiger partial charge in [0.1, 0.15) is 19.8 Å². The summed E-state index contributed by atoms with van der Waals surface area (Å²) in [6.07, 6.45) is 1.71. The third-order valence-corrected chi connectivity index (χ3v) is 4.59. The van der Waals surface area contributed by atoms with Gasteiger partial charge in [0, 0.05) is 22.3 Å². The highest BCUT2D eigenvalue weighted by molar-refractivity contribution is 5.88. The van der Waals surface area contributed by atoms with Crippen molar-refractivity contribution >= 4 is 23.9 Å². The number of esters is 3. The highest BCUT2D eigenvalue weighted by Gasteiger charge is 2.41. The van der Waals surface area contributed by atoms with E-state index >= 15 is 0 Å². The van der Waals surface area contributed by atoms with Gasteiger partial charge in [-0.05, 0) is 33.1 Å². The number of carboxylic acids is 1.